The molecule has 1 aliphatic heterocycles. The molecular formula is C20H25N3O5. The van der Waals surface area contributed by atoms with Crippen LogP contribution in [0.15, 0.2) is 24.3 Å². The maximum atomic E-state index is 12.5. The molecule has 3 N–H and O–H groups in total. The second-order valence-electron chi connectivity index (χ2n) is 7.18. The lowest BCUT2D eigenvalue weighted by Gasteiger charge is -2.19. The number of anilines is 1. The van der Waals surface area contributed by atoms with Gasteiger partial charge in [-0.15, -0.1) is 0 Å². The summed E-state index contributed by atoms with van der Waals surface area (Å²) in [6.07, 6.45) is 3.56. The number of amides is 4. The number of para-hydroxylation sites is 2. The topological polar surface area (TPSA) is 119 Å². The summed E-state index contributed by atoms with van der Waals surface area (Å²) in [6.45, 7) is 0.197. The van der Waals surface area contributed by atoms with Gasteiger partial charge in [0, 0.05) is 13.0 Å². The van der Waals surface area contributed by atoms with Crippen molar-refractivity contribution < 1.29 is 23.9 Å². The Labute approximate surface area is 163 Å². The van der Waals surface area contributed by atoms with E-state index >= 15 is 0 Å². The van der Waals surface area contributed by atoms with Gasteiger partial charge in [-0.1, -0.05) is 25.0 Å². The maximum Gasteiger partial charge on any atom is 0.233 e. The second-order valence-corrected chi connectivity index (χ2v) is 7.18. The number of carbonyl (C=O) groups excluding carboxylic acids is 4. The number of ether oxygens (including phenoxy) is 1. The van der Waals surface area contributed by atoms with Crippen LogP contribution in [-0.4, -0.2) is 41.7 Å². The molecule has 28 heavy (non-hydrogen) atoms. The molecule has 1 heterocycles. The summed E-state index contributed by atoms with van der Waals surface area (Å²) in [5, 5.41) is 2.74. The number of likely N-dealkylation sites (tertiary alicyclic amines) is 1. The van der Waals surface area contributed by atoms with Crippen LogP contribution < -0.4 is 15.8 Å². The van der Waals surface area contributed by atoms with Crippen molar-refractivity contribution in [1.29, 1.82) is 0 Å². The lowest BCUT2D eigenvalue weighted by Crippen LogP contribution is -2.34. The van der Waals surface area contributed by atoms with Crippen LogP contribution in [0.1, 0.15) is 38.5 Å². The Hall–Kier alpha value is -2.90. The van der Waals surface area contributed by atoms with Gasteiger partial charge in [-0.05, 0) is 25.0 Å². The van der Waals surface area contributed by atoms with Gasteiger partial charge in [0.15, 0.2) is 0 Å². The average Bonchev–Trinajstić information content (AvgIpc) is 2.92. The van der Waals surface area contributed by atoms with Gasteiger partial charge < -0.3 is 15.8 Å². The highest BCUT2D eigenvalue weighted by Gasteiger charge is 2.47. The molecule has 1 saturated heterocycles. The van der Waals surface area contributed by atoms with Crippen molar-refractivity contribution in [3.8, 4) is 5.75 Å². The molecule has 1 saturated carbocycles. The van der Waals surface area contributed by atoms with Crippen molar-refractivity contribution in [3.63, 3.8) is 0 Å². The largest absolute Gasteiger partial charge is 0.491 e. The predicted octanol–water partition coefficient (Wildman–Crippen LogP) is 1.44. The zero-order valence-electron chi connectivity index (χ0n) is 15.7. The second kappa shape index (κ2) is 8.86. The van der Waals surface area contributed by atoms with Crippen LogP contribution in [0.2, 0.25) is 0 Å². The molecule has 0 aromatic heterocycles. The first-order valence-electron chi connectivity index (χ1n) is 9.62. The minimum Gasteiger partial charge on any atom is -0.491 e. The normalized spacial score (nSPS) is 21.4. The van der Waals surface area contributed by atoms with Crippen LogP contribution in [0, 0.1) is 11.8 Å². The first-order valence-corrected chi connectivity index (χ1v) is 9.62. The third-order valence-electron chi connectivity index (χ3n) is 5.26. The molecule has 2 unspecified atom stereocenters. The van der Waals surface area contributed by atoms with Crippen LogP contribution in [0.25, 0.3) is 0 Å². The summed E-state index contributed by atoms with van der Waals surface area (Å²) < 4.78 is 5.49. The summed E-state index contributed by atoms with van der Waals surface area (Å²) in [4.78, 5) is 49.3. The van der Waals surface area contributed by atoms with Crippen molar-refractivity contribution in [2.24, 2.45) is 17.6 Å². The maximum absolute atomic E-state index is 12.5. The highest BCUT2D eigenvalue weighted by Crippen LogP contribution is 2.38. The first kappa shape index (κ1) is 19.9. The van der Waals surface area contributed by atoms with Gasteiger partial charge in [0.1, 0.15) is 5.75 Å². The number of nitrogens with two attached hydrogens (primary N) is 1. The van der Waals surface area contributed by atoms with E-state index in [1.807, 2.05) is 0 Å². The van der Waals surface area contributed by atoms with Crippen LogP contribution in [0.4, 0.5) is 5.69 Å². The third-order valence-corrected chi connectivity index (χ3v) is 5.26. The van der Waals surface area contributed by atoms with Gasteiger partial charge in [0.2, 0.25) is 23.6 Å². The van der Waals surface area contributed by atoms with Crippen molar-refractivity contribution in [3.05, 3.63) is 24.3 Å². The van der Waals surface area contributed by atoms with Crippen molar-refractivity contribution in [2.75, 3.05) is 18.5 Å². The number of fused-ring (bicyclic) bond motifs is 1. The Kier molecular flexibility index (Phi) is 6.28. The number of rotatable bonds is 8. The Morgan fingerprint density at radius 3 is 2.36 bits per heavy atom. The summed E-state index contributed by atoms with van der Waals surface area (Å²) >= 11 is 0. The summed E-state index contributed by atoms with van der Waals surface area (Å²) in [5.74, 6) is -1.05. The highest BCUT2D eigenvalue weighted by molar-refractivity contribution is 6.05. The molecule has 8 nitrogen and oxygen atoms in total. The number of benzene rings is 1. The minimum atomic E-state index is -0.470. The van der Waals surface area contributed by atoms with E-state index in [1.54, 1.807) is 24.3 Å². The van der Waals surface area contributed by atoms with Crippen LogP contribution in [-0.2, 0) is 19.2 Å². The number of carbonyl (C=O) groups is 4. The molecule has 3 rings (SSSR count). The summed E-state index contributed by atoms with van der Waals surface area (Å²) in [6, 6.07) is 6.85. The Balaban J connectivity index is 1.54. The Morgan fingerprint density at radius 2 is 1.71 bits per heavy atom. The van der Waals surface area contributed by atoms with Crippen LogP contribution in [0.5, 0.6) is 5.75 Å². The van der Waals surface area contributed by atoms with E-state index in [2.05, 4.69) is 5.32 Å². The van der Waals surface area contributed by atoms with Gasteiger partial charge in [0.05, 0.1) is 30.6 Å². The van der Waals surface area contributed by atoms with E-state index in [4.69, 9.17) is 10.5 Å². The monoisotopic (exact) mass is 387 g/mol. The molecular weight excluding hydrogens is 362 g/mol. The summed E-state index contributed by atoms with van der Waals surface area (Å²) in [5.41, 5.74) is 5.55. The molecule has 1 aromatic rings. The number of nitrogens with zero attached hydrogens (tertiary/aromatic N) is 1. The smallest absolute Gasteiger partial charge is 0.233 e. The predicted molar refractivity (Wildman–Crippen MR) is 101 cm³/mol. The number of hydrogen-bond donors (Lipinski definition) is 2. The molecule has 2 aliphatic rings. The third kappa shape index (κ3) is 4.49. The fraction of sp³-hybridized carbons (Fsp3) is 0.500. The van der Waals surface area contributed by atoms with E-state index in [0.29, 0.717) is 11.4 Å². The van der Waals surface area contributed by atoms with Crippen LogP contribution in [0.3, 0.4) is 0 Å². The fourth-order valence-electron chi connectivity index (χ4n) is 3.83. The van der Waals surface area contributed by atoms with E-state index in [9.17, 15) is 19.2 Å². The zero-order valence-corrected chi connectivity index (χ0v) is 15.7. The molecule has 1 aliphatic carbocycles. The number of imide groups is 1. The van der Waals surface area contributed by atoms with Gasteiger partial charge in [-0.2, -0.15) is 0 Å². The van der Waals surface area contributed by atoms with Crippen molar-refractivity contribution >= 4 is 29.3 Å². The molecule has 4 amide bonds. The molecule has 2 atom stereocenters. The van der Waals surface area contributed by atoms with E-state index in [0.717, 1.165) is 25.7 Å². The fourth-order valence-corrected chi connectivity index (χ4v) is 3.83. The lowest BCUT2D eigenvalue weighted by molar-refractivity contribution is -0.140. The number of primary amides is 1. The number of hydrogen-bond acceptors (Lipinski definition) is 5. The van der Waals surface area contributed by atoms with E-state index in [1.165, 1.54) is 4.90 Å². The highest BCUT2D eigenvalue weighted by atomic mass is 16.5. The molecule has 0 radical (unpaired) electrons. The van der Waals surface area contributed by atoms with Gasteiger partial charge in [-0.3, -0.25) is 24.1 Å². The standard InChI is InChI=1S/C20H25N3O5/c21-17(24)10-12-28-16-8-4-3-7-15(16)22-18(25)9-11-23-19(26)13-5-1-2-6-14(13)20(23)27/h3-4,7-8,13-14H,1-2,5-6,9-12H2,(H2,21,24)(H,22,25). The van der Waals surface area contributed by atoms with Gasteiger partial charge in [-0.25, -0.2) is 0 Å². The van der Waals surface area contributed by atoms with E-state index < -0.39 is 5.91 Å². The van der Waals surface area contributed by atoms with Gasteiger partial charge >= 0.3 is 0 Å². The Bertz CT molecular complexity index is 755. The summed E-state index contributed by atoms with van der Waals surface area (Å²) in [7, 11) is 0. The molecule has 0 spiro atoms. The lowest BCUT2D eigenvalue weighted by atomic mass is 9.81. The molecule has 1 aromatic carbocycles. The molecule has 150 valence electrons. The Morgan fingerprint density at radius 1 is 1.07 bits per heavy atom. The molecule has 8 heteroatoms. The SMILES string of the molecule is NC(=O)CCOc1ccccc1NC(=O)CCN1C(=O)C2CCCCC2C1=O. The molecule has 2 fully saturated rings. The quantitative estimate of drug-likeness (QED) is 0.654. The van der Waals surface area contributed by atoms with Crippen LogP contribution >= 0.6 is 0 Å². The van der Waals surface area contributed by atoms with Crippen molar-refractivity contribution in [1.82, 2.24) is 4.90 Å². The zero-order chi connectivity index (χ0) is 20.1. The van der Waals surface area contributed by atoms with Gasteiger partial charge in [0.25, 0.3) is 0 Å². The first-order chi connectivity index (χ1) is 13.5. The minimum absolute atomic E-state index is 0.0204. The number of nitrogens with one attached hydrogen (secondary N) is 1. The van der Waals surface area contributed by atoms with Crippen molar-refractivity contribution in [2.45, 2.75) is 38.5 Å². The average molecular weight is 387 g/mol. The van der Waals surface area contributed by atoms with E-state index in [-0.39, 0.29) is 55.6 Å². The molecule has 0 bridgehead atoms.